The number of esters is 1. The first-order valence-electron chi connectivity index (χ1n) is 6.96. The minimum absolute atomic E-state index is 0.283. The van der Waals surface area contributed by atoms with Gasteiger partial charge in [0.05, 0.1) is 6.61 Å². The van der Waals surface area contributed by atoms with Crippen LogP contribution in [-0.2, 0) is 9.53 Å². The Balaban J connectivity index is 2.58. The standard InChI is InChI=1S/C16H18N2O2/c1-4-20-14(19)15-10-6-5-9-13(15)16(17-2,18-3)12-8-7-11-15/h7-9H,4-6,10-12H2,1H3. The summed E-state index contributed by atoms with van der Waals surface area (Å²) in [5, 5.41) is 0. The lowest BCUT2D eigenvalue weighted by atomic mass is 9.66. The van der Waals surface area contributed by atoms with Crippen LogP contribution >= 0.6 is 0 Å². The third kappa shape index (κ3) is 2.02. The van der Waals surface area contributed by atoms with E-state index in [1.54, 1.807) is 6.92 Å². The van der Waals surface area contributed by atoms with Gasteiger partial charge in [0.15, 0.2) is 0 Å². The van der Waals surface area contributed by atoms with Gasteiger partial charge in [-0.3, -0.25) is 4.79 Å². The Morgan fingerprint density at radius 1 is 1.35 bits per heavy atom. The topological polar surface area (TPSA) is 35.0 Å². The molecule has 2 aliphatic rings. The highest BCUT2D eigenvalue weighted by atomic mass is 16.5. The first kappa shape index (κ1) is 14.3. The average Bonchev–Trinajstić information content (AvgIpc) is 2.65. The molecule has 0 N–H and O–H groups in total. The number of carbonyl (C=O) groups excluding carboxylic acids is 1. The Labute approximate surface area is 119 Å². The minimum atomic E-state index is -1.26. The molecule has 0 bridgehead atoms. The summed E-state index contributed by atoms with van der Waals surface area (Å²) >= 11 is 0. The van der Waals surface area contributed by atoms with E-state index in [0.29, 0.717) is 31.4 Å². The van der Waals surface area contributed by atoms with Crippen molar-refractivity contribution < 1.29 is 9.53 Å². The first-order valence-corrected chi connectivity index (χ1v) is 6.96. The van der Waals surface area contributed by atoms with Gasteiger partial charge in [0.2, 0.25) is 0 Å². The molecular formula is C16H18N2O2. The predicted octanol–water partition coefficient (Wildman–Crippen LogP) is 3.53. The zero-order valence-electron chi connectivity index (χ0n) is 11.7. The van der Waals surface area contributed by atoms with E-state index in [4.69, 9.17) is 17.9 Å². The summed E-state index contributed by atoms with van der Waals surface area (Å²) in [5.74, 6) is -0.283. The van der Waals surface area contributed by atoms with Crippen molar-refractivity contribution in [3.05, 3.63) is 46.6 Å². The number of hydrogen-bond donors (Lipinski definition) is 0. The molecule has 4 nitrogen and oxygen atoms in total. The van der Waals surface area contributed by atoms with Gasteiger partial charge in [0, 0.05) is 0 Å². The van der Waals surface area contributed by atoms with E-state index >= 15 is 0 Å². The molecule has 20 heavy (non-hydrogen) atoms. The van der Waals surface area contributed by atoms with Gasteiger partial charge in [-0.2, -0.15) is 0 Å². The second kappa shape index (κ2) is 5.51. The van der Waals surface area contributed by atoms with Crippen LogP contribution in [0.2, 0.25) is 0 Å². The van der Waals surface area contributed by atoms with Crippen LogP contribution in [0.25, 0.3) is 9.69 Å². The third-order valence-electron chi connectivity index (χ3n) is 4.17. The molecule has 0 spiro atoms. The fraction of sp³-hybridized carbons (Fsp3) is 0.562. The van der Waals surface area contributed by atoms with Crippen LogP contribution in [0.15, 0.2) is 23.8 Å². The van der Waals surface area contributed by atoms with Gasteiger partial charge in [-0.1, -0.05) is 18.2 Å². The summed E-state index contributed by atoms with van der Waals surface area (Å²) in [4.78, 5) is 19.7. The van der Waals surface area contributed by atoms with Crippen LogP contribution in [0.4, 0.5) is 0 Å². The number of carbonyl (C=O) groups is 1. The van der Waals surface area contributed by atoms with Crippen molar-refractivity contribution in [3.8, 4) is 0 Å². The molecular weight excluding hydrogens is 252 g/mol. The van der Waals surface area contributed by atoms with E-state index in [1.165, 1.54) is 0 Å². The fourth-order valence-electron chi connectivity index (χ4n) is 3.18. The van der Waals surface area contributed by atoms with Crippen LogP contribution in [0.1, 0.15) is 39.0 Å². The van der Waals surface area contributed by atoms with Gasteiger partial charge in [0.25, 0.3) is 0 Å². The van der Waals surface area contributed by atoms with Gasteiger partial charge in [-0.15, -0.1) is 0 Å². The van der Waals surface area contributed by atoms with Crippen molar-refractivity contribution in [2.75, 3.05) is 6.61 Å². The molecule has 4 heteroatoms. The monoisotopic (exact) mass is 270 g/mol. The first-order chi connectivity index (χ1) is 9.65. The van der Waals surface area contributed by atoms with E-state index < -0.39 is 11.1 Å². The van der Waals surface area contributed by atoms with Gasteiger partial charge in [0.1, 0.15) is 17.4 Å². The van der Waals surface area contributed by atoms with E-state index in [-0.39, 0.29) is 5.97 Å². The summed E-state index contributed by atoms with van der Waals surface area (Å²) in [6.07, 6.45) is 8.98. The summed E-state index contributed by atoms with van der Waals surface area (Å²) in [6, 6.07) is 0. The molecule has 0 aromatic heterocycles. The normalized spacial score (nSPS) is 27.2. The molecule has 1 unspecified atom stereocenters. The highest BCUT2D eigenvalue weighted by molar-refractivity contribution is 5.82. The van der Waals surface area contributed by atoms with Crippen molar-refractivity contribution in [1.82, 2.24) is 0 Å². The maximum Gasteiger partial charge on any atom is 0.510 e. The van der Waals surface area contributed by atoms with Crippen LogP contribution < -0.4 is 0 Å². The van der Waals surface area contributed by atoms with E-state index in [0.717, 1.165) is 12.8 Å². The molecule has 0 heterocycles. The van der Waals surface area contributed by atoms with Gasteiger partial charge >= 0.3 is 11.6 Å². The number of hydrogen-bond acceptors (Lipinski definition) is 2. The molecule has 2 aliphatic carbocycles. The summed E-state index contributed by atoms with van der Waals surface area (Å²) in [5.41, 5.74) is -1.40. The second-order valence-electron chi connectivity index (χ2n) is 5.23. The molecule has 0 radical (unpaired) electrons. The quantitative estimate of drug-likeness (QED) is 0.437. The van der Waals surface area contributed by atoms with E-state index in [9.17, 15) is 4.79 Å². The molecule has 104 valence electrons. The van der Waals surface area contributed by atoms with Crippen molar-refractivity contribution in [2.45, 2.75) is 44.7 Å². The zero-order valence-corrected chi connectivity index (χ0v) is 11.7. The van der Waals surface area contributed by atoms with Gasteiger partial charge in [-0.05, 0) is 32.6 Å². The van der Waals surface area contributed by atoms with Crippen LogP contribution in [0, 0.1) is 18.6 Å². The minimum Gasteiger partial charge on any atom is -0.465 e. The molecule has 0 aromatic carbocycles. The van der Waals surface area contributed by atoms with E-state index in [1.807, 2.05) is 18.2 Å². The molecule has 0 aliphatic heterocycles. The lowest BCUT2D eigenvalue weighted by molar-refractivity contribution is -0.154. The molecule has 0 saturated heterocycles. The number of ether oxygens (including phenoxy) is 1. The van der Waals surface area contributed by atoms with Crippen LogP contribution in [-0.4, -0.2) is 18.2 Å². The SMILES string of the molecule is [C-]#[N+]C1([N+]#[C-])CC=CCC2(C(=O)OCC)CCCC=C12. The lowest BCUT2D eigenvalue weighted by Crippen LogP contribution is -2.43. The van der Waals surface area contributed by atoms with Crippen LogP contribution in [0.3, 0.4) is 0 Å². The number of allylic oxidation sites excluding steroid dienone is 2. The van der Waals surface area contributed by atoms with Crippen molar-refractivity contribution in [3.63, 3.8) is 0 Å². The van der Waals surface area contributed by atoms with Crippen LogP contribution in [0.5, 0.6) is 0 Å². The van der Waals surface area contributed by atoms with Crippen molar-refractivity contribution in [1.29, 1.82) is 0 Å². The Morgan fingerprint density at radius 3 is 2.70 bits per heavy atom. The second-order valence-corrected chi connectivity index (χ2v) is 5.23. The molecule has 2 rings (SSSR count). The van der Waals surface area contributed by atoms with Crippen molar-refractivity contribution in [2.24, 2.45) is 5.41 Å². The fourth-order valence-corrected chi connectivity index (χ4v) is 3.18. The number of nitrogens with zero attached hydrogens (tertiary/aromatic N) is 2. The maximum absolute atomic E-state index is 12.5. The molecule has 1 atom stereocenters. The Kier molecular flexibility index (Phi) is 3.95. The maximum atomic E-state index is 12.5. The Morgan fingerprint density at radius 2 is 2.05 bits per heavy atom. The molecule has 0 amide bonds. The summed E-state index contributed by atoms with van der Waals surface area (Å²) < 4.78 is 5.26. The predicted molar refractivity (Wildman–Crippen MR) is 75.3 cm³/mol. The van der Waals surface area contributed by atoms with Gasteiger partial charge in [-0.25, -0.2) is 22.8 Å². The lowest BCUT2D eigenvalue weighted by Gasteiger charge is -2.34. The summed E-state index contributed by atoms with van der Waals surface area (Å²) in [7, 11) is 0. The largest absolute Gasteiger partial charge is 0.510 e. The number of rotatable bonds is 2. The molecule has 0 fully saturated rings. The highest BCUT2D eigenvalue weighted by Crippen LogP contribution is 2.51. The van der Waals surface area contributed by atoms with Crippen molar-refractivity contribution >= 4 is 5.97 Å². The average molecular weight is 270 g/mol. The molecule has 0 aromatic rings. The highest BCUT2D eigenvalue weighted by Gasteiger charge is 2.61. The zero-order chi connectivity index (χ0) is 14.6. The number of fused-ring (bicyclic) bond motifs is 1. The summed E-state index contributed by atoms with van der Waals surface area (Å²) in [6.45, 7) is 17.1. The third-order valence-corrected chi connectivity index (χ3v) is 4.17. The Hall–Kier alpha value is -2.07. The van der Waals surface area contributed by atoms with E-state index in [2.05, 4.69) is 9.69 Å². The van der Waals surface area contributed by atoms with Gasteiger partial charge < -0.3 is 4.74 Å². The molecule has 0 saturated carbocycles. The smallest absolute Gasteiger partial charge is 0.465 e. The Bertz CT molecular complexity index is 534.